The number of carbonyl (C=O) groups excluding carboxylic acids is 1. The van der Waals surface area contributed by atoms with Crippen LogP contribution < -0.4 is 5.32 Å². The number of halogens is 3. The third-order valence-corrected chi connectivity index (χ3v) is 1.39. The molecule has 8 heteroatoms. The van der Waals surface area contributed by atoms with Crippen molar-refractivity contribution < 1.29 is 18.0 Å². The van der Waals surface area contributed by atoms with E-state index in [0.29, 0.717) is 0 Å². The van der Waals surface area contributed by atoms with Gasteiger partial charge in [-0.2, -0.15) is 13.2 Å². The predicted molar refractivity (Wildman–Crippen MR) is 46.9 cm³/mol. The summed E-state index contributed by atoms with van der Waals surface area (Å²) >= 11 is 0. The molecule has 86 valence electrons. The molecule has 0 heterocycles. The van der Waals surface area contributed by atoms with E-state index >= 15 is 0 Å². The number of rotatable bonds is 4. The highest BCUT2D eigenvalue weighted by Crippen LogP contribution is 2.15. The number of azide groups is 1. The molecule has 0 aromatic heterocycles. The van der Waals surface area contributed by atoms with Crippen molar-refractivity contribution in [2.24, 2.45) is 5.11 Å². The SMILES string of the molecule is CC(C)(CC(=O)NCC(F)(F)F)N=[N+]=[N-]. The minimum atomic E-state index is -4.43. The zero-order valence-electron chi connectivity index (χ0n) is 8.30. The Morgan fingerprint density at radius 3 is 2.40 bits per heavy atom. The largest absolute Gasteiger partial charge is 0.405 e. The maximum Gasteiger partial charge on any atom is 0.405 e. The monoisotopic (exact) mass is 224 g/mol. The van der Waals surface area contributed by atoms with Gasteiger partial charge < -0.3 is 5.32 Å². The number of amides is 1. The summed E-state index contributed by atoms with van der Waals surface area (Å²) in [5.74, 6) is -0.801. The Morgan fingerprint density at radius 2 is 2.00 bits per heavy atom. The molecular weight excluding hydrogens is 213 g/mol. The molecule has 0 aliphatic carbocycles. The van der Waals surface area contributed by atoms with Crippen molar-refractivity contribution >= 4 is 5.91 Å². The van der Waals surface area contributed by atoms with Gasteiger partial charge in [0.15, 0.2) is 0 Å². The number of carbonyl (C=O) groups is 1. The zero-order chi connectivity index (χ0) is 12.1. The fraction of sp³-hybridized carbons (Fsp3) is 0.857. The first kappa shape index (κ1) is 13.6. The highest BCUT2D eigenvalue weighted by atomic mass is 19.4. The molecule has 0 fully saturated rings. The van der Waals surface area contributed by atoms with E-state index in [2.05, 4.69) is 10.0 Å². The van der Waals surface area contributed by atoms with E-state index in [9.17, 15) is 18.0 Å². The Bertz CT molecular complexity index is 280. The van der Waals surface area contributed by atoms with Crippen LogP contribution in [0.1, 0.15) is 20.3 Å². The van der Waals surface area contributed by atoms with Gasteiger partial charge in [0.1, 0.15) is 6.54 Å². The number of nitrogens with zero attached hydrogens (tertiary/aromatic N) is 3. The number of alkyl halides is 3. The van der Waals surface area contributed by atoms with Gasteiger partial charge >= 0.3 is 6.18 Å². The van der Waals surface area contributed by atoms with Gasteiger partial charge in [-0.1, -0.05) is 19.0 Å². The summed E-state index contributed by atoms with van der Waals surface area (Å²) in [6.07, 6.45) is -4.72. The molecule has 0 atom stereocenters. The molecule has 0 saturated heterocycles. The van der Waals surface area contributed by atoms with Crippen molar-refractivity contribution in [1.82, 2.24) is 5.32 Å². The van der Waals surface area contributed by atoms with Crippen molar-refractivity contribution in [3.05, 3.63) is 10.4 Å². The molecule has 1 N–H and O–H groups in total. The summed E-state index contributed by atoms with van der Waals surface area (Å²) in [5, 5.41) is 4.97. The Hall–Kier alpha value is -1.43. The van der Waals surface area contributed by atoms with Gasteiger partial charge in [0.05, 0.1) is 5.54 Å². The van der Waals surface area contributed by atoms with E-state index < -0.39 is 24.2 Å². The maximum atomic E-state index is 11.7. The third kappa shape index (κ3) is 7.63. The molecule has 0 unspecified atom stereocenters. The van der Waals surface area contributed by atoms with Crippen LogP contribution in [0.15, 0.2) is 5.11 Å². The topological polar surface area (TPSA) is 77.9 Å². The van der Waals surface area contributed by atoms with E-state index in [1.165, 1.54) is 13.8 Å². The first-order valence-corrected chi connectivity index (χ1v) is 4.06. The zero-order valence-corrected chi connectivity index (χ0v) is 8.30. The number of hydrogen-bond acceptors (Lipinski definition) is 2. The second-order valence-electron chi connectivity index (χ2n) is 3.57. The van der Waals surface area contributed by atoms with Crippen molar-refractivity contribution in [1.29, 1.82) is 0 Å². The second-order valence-corrected chi connectivity index (χ2v) is 3.57. The first-order chi connectivity index (χ1) is 6.66. The van der Waals surface area contributed by atoms with Gasteiger partial charge in [0.25, 0.3) is 0 Å². The molecule has 0 spiro atoms. The molecule has 0 aliphatic heterocycles. The predicted octanol–water partition coefficient (Wildman–Crippen LogP) is 2.14. The average molecular weight is 224 g/mol. The lowest BCUT2D eigenvalue weighted by Crippen LogP contribution is -2.37. The molecule has 0 bridgehead atoms. The van der Waals surface area contributed by atoms with Gasteiger partial charge in [-0.05, 0) is 5.53 Å². The molecule has 15 heavy (non-hydrogen) atoms. The van der Waals surface area contributed by atoms with Gasteiger partial charge in [-0.15, -0.1) is 0 Å². The fourth-order valence-corrected chi connectivity index (χ4v) is 0.811. The van der Waals surface area contributed by atoms with E-state index in [0.717, 1.165) is 0 Å². The Labute approximate surface area is 84.3 Å². The molecule has 0 aromatic rings. The fourth-order valence-electron chi connectivity index (χ4n) is 0.811. The smallest absolute Gasteiger partial charge is 0.347 e. The Kier molecular flexibility index (Phi) is 4.41. The molecule has 1 amide bonds. The molecular formula is C7H11F3N4O. The third-order valence-electron chi connectivity index (χ3n) is 1.39. The van der Waals surface area contributed by atoms with Crippen LogP contribution >= 0.6 is 0 Å². The summed E-state index contributed by atoms with van der Waals surface area (Å²) < 4.78 is 35.1. The lowest BCUT2D eigenvalue weighted by Gasteiger charge is -2.17. The number of nitrogens with one attached hydrogen (secondary N) is 1. The van der Waals surface area contributed by atoms with Crippen molar-refractivity contribution in [3.63, 3.8) is 0 Å². The van der Waals surface area contributed by atoms with Crippen LogP contribution in [0, 0.1) is 0 Å². The van der Waals surface area contributed by atoms with Crippen LogP contribution in [-0.2, 0) is 4.79 Å². The quantitative estimate of drug-likeness (QED) is 0.443. The van der Waals surface area contributed by atoms with E-state index in [1.807, 2.05) is 0 Å². The summed E-state index contributed by atoms with van der Waals surface area (Å²) in [7, 11) is 0. The van der Waals surface area contributed by atoms with Crippen LogP contribution in [0.2, 0.25) is 0 Å². The molecule has 5 nitrogen and oxygen atoms in total. The molecule has 0 aromatic carbocycles. The highest BCUT2D eigenvalue weighted by Gasteiger charge is 2.29. The van der Waals surface area contributed by atoms with Crippen LogP contribution in [0.25, 0.3) is 10.4 Å². The van der Waals surface area contributed by atoms with E-state index in [4.69, 9.17) is 5.53 Å². The van der Waals surface area contributed by atoms with Gasteiger partial charge in [-0.3, -0.25) is 4.79 Å². The normalized spacial score (nSPS) is 11.8. The van der Waals surface area contributed by atoms with Gasteiger partial charge in [0, 0.05) is 11.3 Å². The lowest BCUT2D eigenvalue weighted by molar-refractivity contribution is -0.139. The van der Waals surface area contributed by atoms with Crippen molar-refractivity contribution in [2.45, 2.75) is 32.0 Å². The van der Waals surface area contributed by atoms with Crippen LogP contribution in [0.3, 0.4) is 0 Å². The first-order valence-electron chi connectivity index (χ1n) is 4.06. The summed E-state index contributed by atoms with van der Waals surface area (Å²) in [6.45, 7) is 1.54. The van der Waals surface area contributed by atoms with Crippen molar-refractivity contribution in [3.8, 4) is 0 Å². The summed E-state index contributed by atoms with van der Waals surface area (Å²) in [6, 6.07) is 0. The Balaban J connectivity index is 4.10. The van der Waals surface area contributed by atoms with E-state index in [1.54, 1.807) is 5.32 Å². The summed E-state index contributed by atoms with van der Waals surface area (Å²) in [4.78, 5) is 13.5. The van der Waals surface area contributed by atoms with E-state index in [-0.39, 0.29) is 6.42 Å². The van der Waals surface area contributed by atoms with Crippen LogP contribution in [0.5, 0.6) is 0 Å². The molecule has 0 rings (SSSR count). The minimum absolute atomic E-state index is 0.285. The molecule has 0 aliphatic rings. The van der Waals surface area contributed by atoms with Gasteiger partial charge in [0.2, 0.25) is 5.91 Å². The Morgan fingerprint density at radius 1 is 1.47 bits per heavy atom. The second kappa shape index (κ2) is 4.88. The maximum absolute atomic E-state index is 11.7. The number of hydrogen-bond donors (Lipinski definition) is 1. The molecule has 0 radical (unpaired) electrons. The average Bonchev–Trinajstić information content (AvgIpc) is 1.98. The lowest BCUT2D eigenvalue weighted by atomic mass is 10.0. The van der Waals surface area contributed by atoms with Crippen molar-refractivity contribution in [2.75, 3.05) is 6.54 Å². The van der Waals surface area contributed by atoms with Gasteiger partial charge in [-0.25, -0.2) is 0 Å². The standard InChI is InChI=1S/C7H11F3N4O/c1-6(2,13-14-11)3-5(15)12-4-7(8,9)10/h3-4H2,1-2H3,(H,12,15). The van der Waals surface area contributed by atoms with Crippen LogP contribution in [-0.4, -0.2) is 24.2 Å². The van der Waals surface area contributed by atoms with Crippen LogP contribution in [0.4, 0.5) is 13.2 Å². The summed E-state index contributed by atoms with van der Waals surface area (Å²) in [5.41, 5.74) is 7.10. The minimum Gasteiger partial charge on any atom is -0.347 e. The highest BCUT2D eigenvalue weighted by molar-refractivity contribution is 5.77. The molecule has 0 saturated carbocycles.